The molecule has 0 saturated heterocycles. The molecule has 0 aliphatic heterocycles. The molecule has 9 heteroatoms. The van der Waals surface area contributed by atoms with Crippen molar-refractivity contribution in [3.63, 3.8) is 0 Å². The number of pyridine rings is 1. The van der Waals surface area contributed by atoms with Crippen LogP contribution in [0, 0.1) is 0 Å². The summed E-state index contributed by atoms with van der Waals surface area (Å²) in [6.07, 6.45) is -4.45. The Bertz CT molecular complexity index is 449. The topological polar surface area (TPSA) is 79.7 Å². The molecule has 17 heavy (non-hydrogen) atoms. The molecule has 2 N–H and O–H groups in total. The van der Waals surface area contributed by atoms with Gasteiger partial charge in [0.05, 0.1) is 17.6 Å². The van der Waals surface area contributed by atoms with Gasteiger partial charge in [0.1, 0.15) is 0 Å². The number of aromatic hydroxyl groups is 1. The highest BCUT2D eigenvalue weighted by molar-refractivity contribution is 6.17. The summed E-state index contributed by atoms with van der Waals surface area (Å²) in [5, 5.41) is 17.9. The lowest BCUT2D eigenvalue weighted by atomic mass is 10.2. The quantitative estimate of drug-likeness (QED) is 0.823. The number of hydrogen-bond acceptors (Lipinski definition) is 4. The van der Waals surface area contributed by atoms with Gasteiger partial charge in [0.15, 0.2) is 17.2 Å². The lowest BCUT2D eigenvalue weighted by Crippen LogP contribution is -2.18. The van der Waals surface area contributed by atoms with Crippen LogP contribution < -0.4 is 4.74 Å². The zero-order chi connectivity index (χ0) is 13.2. The van der Waals surface area contributed by atoms with Crippen LogP contribution in [-0.2, 0) is 5.88 Å². The zero-order valence-electron chi connectivity index (χ0n) is 7.95. The van der Waals surface area contributed by atoms with Crippen LogP contribution in [-0.4, -0.2) is 27.5 Å². The predicted molar refractivity (Wildman–Crippen MR) is 49.1 cm³/mol. The highest BCUT2D eigenvalue weighted by Gasteiger charge is 2.33. The highest BCUT2D eigenvalue weighted by Crippen LogP contribution is 2.34. The van der Waals surface area contributed by atoms with Gasteiger partial charge in [-0.2, -0.15) is 0 Å². The van der Waals surface area contributed by atoms with Crippen LogP contribution in [0.2, 0.25) is 0 Å². The Kier molecular flexibility index (Phi) is 3.66. The molecule has 1 aromatic heterocycles. The van der Waals surface area contributed by atoms with Gasteiger partial charge in [-0.3, -0.25) is 0 Å². The molecule has 0 aliphatic rings. The molecule has 0 unspecified atom stereocenters. The summed E-state index contributed by atoms with van der Waals surface area (Å²) in [6.45, 7) is 0. The summed E-state index contributed by atoms with van der Waals surface area (Å²) in [4.78, 5) is 13.7. The first-order chi connectivity index (χ1) is 7.76. The maximum Gasteiger partial charge on any atom is 0.573 e. The van der Waals surface area contributed by atoms with E-state index in [4.69, 9.17) is 16.7 Å². The van der Waals surface area contributed by atoms with Crippen molar-refractivity contribution in [3.05, 3.63) is 17.5 Å². The molecule has 0 spiro atoms. The minimum atomic E-state index is -4.99. The average Bonchev–Trinajstić information content (AvgIpc) is 2.15. The fourth-order valence-corrected chi connectivity index (χ4v) is 1.28. The fraction of sp³-hybridized carbons (Fsp3) is 0.250. The van der Waals surface area contributed by atoms with Crippen LogP contribution in [0.4, 0.5) is 13.2 Å². The van der Waals surface area contributed by atoms with Gasteiger partial charge in [-0.25, -0.2) is 9.78 Å². The predicted octanol–water partition coefficient (Wildman–Crippen LogP) is 2.12. The Labute approximate surface area is 97.4 Å². The summed E-state index contributed by atoms with van der Waals surface area (Å²) >= 11 is 5.31. The Morgan fingerprint density at radius 1 is 1.53 bits per heavy atom. The smallest absolute Gasteiger partial charge is 0.505 e. The van der Waals surface area contributed by atoms with Crippen LogP contribution in [0.3, 0.4) is 0 Å². The second-order valence-corrected chi connectivity index (χ2v) is 3.05. The zero-order valence-corrected chi connectivity index (χ0v) is 8.71. The number of ether oxygens (including phenoxy) is 1. The minimum Gasteiger partial charge on any atom is -0.505 e. The second kappa shape index (κ2) is 4.66. The molecule has 1 heterocycles. The Hall–Kier alpha value is -1.70. The van der Waals surface area contributed by atoms with Crippen molar-refractivity contribution in [1.82, 2.24) is 4.98 Å². The average molecular weight is 272 g/mol. The number of halogens is 4. The largest absolute Gasteiger partial charge is 0.573 e. The van der Waals surface area contributed by atoms with E-state index in [0.29, 0.717) is 6.20 Å². The summed E-state index contributed by atoms with van der Waals surface area (Å²) in [7, 11) is 0. The Balaban J connectivity index is 3.26. The Morgan fingerprint density at radius 3 is 2.53 bits per heavy atom. The van der Waals surface area contributed by atoms with E-state index in [1.54, 1.807) is 0 Å². The number of nitrogens with zero attached hydrogens (tertiary/aromatic N) is 1. The molecule has 0 saturated carbocycles. The summed E-state index contributed by atoms with van der Waals surface area (Å²) in [6, 6.07) is 0. The molecule has 0 aliphatic carbocycles. The van der Waals surface area contributed by atoms with E-state index < -0.39 is 41.0 Å². The first-order valence-corrected chi connectivity index (χ1v) is 4.55. The third-order valence-electron chi connectivity index (χ3n) is 1.68. The molecule has 0 atom stereocenters. The van der Waals surface area contributed by atoms with Gasteiger partial charge in [-0.15, -0.1) is 24.8 Å². The molecule has 0 aromatic carbocycles. The van der Waals surface area contributed by atoms with Crippen molar-refractivity contribution in [2.24, 2.45) is 0 Å². The second-order valence-electron chi connectivity index (χ2n) is 2.78. The molecule has 1 rings (SSSR count). The molecule has 0 fully saturated rings. The van der Waals surface area contributed by atoms with Gasteiger partial charge in [0, 0.05) is 0 Å². The van der Waals surface area contributed by atoms with Gasteiger partial charge in [0.25, 0.3) is 0 Å². The standard InChI is InChI=1S/C8H5ClF3NO4/c9-1-3-4(17-8(10,11)12)2-13-5(6(3)14)7(15)16/h2,14H,1H2,(H,15,16). The van der Waals surface area contributed by atoms with Crippen LogP contribution in [0.5, 0.6) is 11.5 Å². The normalized spacial score (nSPS) is 11.3. The monoisotopic (exact) mass is 271 g/mol. The third kappa shape index (κ3) is 3.13. The number of alkyl halides is 4. The summed E-state index contributed by atoms with van der Waals surface area (Å²) < 4.78 is 39.4. The van der Waals surface area contributed by atoms with E-state index in [1.165, 1.54) is 0 Å². The summed E-state index contributed by atoms with van der Waals surface area (Å²) in [5.74, 6) is -3.93. The van der Waals surface area contributed by atoms with Gasteiger partial charge >= 0.3 is 12.3 Å². The van der Waals surface area contributed by atoms with Crippen molar-refractivity contribution in [2.45, 2.75) is 12.2 Å². The maximum atomic E-state index is 12.0. The number of aromatic carboxylic acids is 1. The number of aromatic nitrogens is 1. The highest BCUT2D eigenvalue weighted by atomic mass is 35.5. The van der Waals surface area contributed by atoms with E-state index in [2.05, 4.69) is 9.72 Å². The van der Waals surface area contributed by atoms with Crippen molar-refractivity contribution in [1.29, 1.82) is 0 Å². The molecular formula is C8H5ClF3NO4. The van der Waals surface area contributed by atoms with Gasteiger partial charge in [-0.05, 0) is 0 Å². The van der Waals surface area contributed by atoms with Gasteiger partial charge in [-0.1, -0.05) is 0 Å². The van der Waals surface area contributed by atoms with Crippen LogP contribution in [0.25, 0.3) is 0 Å². The first kappa shape index (κ1) is 13.4. The molecule has 0 amide bonds. The summed E-state index contributed by atoms with van der Waals surface area (Å²) in [5.41, 5.74) is -1.29. The number of carboxylic acids is 1. The van der Waals surface area contributed by atoms with Crippen LogP contribution >= 0.6 is 11.6 Å². The van der Waals surface area contributed by atoms with Crippen LogP contribution in [0.15, 0.2) is 6.20 Å². The number of carbonyl (C=O) groups is 1. The van der Waals surface area contributed by atoms with Crippen molar-refractivity contribution in [3.8, 4) is 11.5 Å². The van der Waals surface area contributed by atoms with Gasteiger partial charge in [0.2, 0.25) is 0 Å². The lowest BCUT2D eigenvalue weighted by molar-refractivity contribution is -0.275. The Morgan fingerprint density at radius 2 is 2.12 bits per heavy atom. The fourth-order valence-electron chi connectivity index (χ4n) is 1.02. The molecule has 0 bridgehead atoms. The molecule has 1 aromatic rings. The number of hydrogen-bond donors (Lipinski definition) is 2. The van der Waals surface area contributed by atoms with E-state index >= 15 is 0 Å². The lowest BCUT2D eigenvalue weighted by Gasteiger charge is -2.13. The van der Waals surface area contributed by atoms with Crippen LogP contribution in [0.1, 0.15) is 16.1 Å². The molecule has 0 radical (unpaired) electrons. The third-order valence-corrected chi connectivity index (χ3v) is 1.95. The van der Waals surface area contributed by atoms with Crippen molar-refractivity contribution < 1.29 is 32.9 Å². The van der Waals surface area contributed by atoms with E-state index in [-0.39, 0.29) is 0 Å². The SMILES string of the molecule is O=C(O)c1ncc(OC(F)(F)F)c(CCl)c1O. The van der Waals surface area contributed by atoms with Crippen molar-refractivity contribution >= 4 is 17.6 Å². The molecule has 5 nitrogen and oxygen atoms in total. The maximum absolute atomic E-state index is 12.0. The number of rotatable bonds is 3. The molecular weight excluding hydrogens is 267 g/mol. The van der Waals surface area contributed by atoms with E-state index in [1.807, 2.05) is 0 Å². The first-order valence-electron chi connectivity index (χ1n) is 4.02. The van der Waals surface area contributed by atoms with E-state index in [0.717, 1.165) is 0 Å². The van der Waals surface area contributed by atoms with E-state index in [9.17, 15) is 23.1 Å². The van der Waals surface area contributed by atoms with Crippen molar-refractivity contribution in [2.75, 3.05) is 0 Å². The molecule has 94 valence electrons. The van der Waals surface area contributed by atoms with Gasteiger partial charge < -0.3 is 14.9 Å². The minimum absolute atomic E-state index is 0.489. The number of carboxylic acid groups (broad SMARTS) is 1.